The van der Waals surface area contributed by atoms with Gasteiger partial charge in [0.15, 0.2) is 5.96 Å². The summed E-state index contributed by atoms with van der Waals surface area (Å²) in [7, 11) is 2.20. The molecule has 0 amide bonds. The average Bonchev–Trinajstić information content (AvgIpc) is 3.47. The SMILES string of the molecule is CCNC(=NCc1cccc(OCCN(C)C2CCOCC2)c1)N1CCC2(CCCC2)C1. The van der Waals surface area contributed by atoms with E-state index in [4.69, 9.17) is 14.5 Å². The molecule has 1 aromatic rings. The van der Waals surface area contributed by atoms with E-state index in [1.807, 2.05) is 0 Å². The molecule has 3 aliphatic rings. The third-order valence-electron chi connectivity index (χ3n) is 7.57. The fourth-order valence-corrected chi connectivity index (χ4v) is 5.59. The van der Waals surface area contributed by atoms with E-state index in [9.17, 15) is 0 Å². The first-order valence-electron chi connectivity index (χ1n) is 12.7. The first-order valence-corrected chi connectivity index (χ1v) is 12.7. The van der Waals surface area contributed by atoms with Crippen LogP contribution in [0.3, 0.4) is 0 Å². The molecular weight excluding hydrogens is 400 g/mol. The molecule has 1 spiro atoms. The summed E-state index contributed by atoms with van der Waals surface area (Å²) in [4.78, 5) is 9.88. The fourth-order valence-electron chi connectivity index (χ4n) is 5.59. The second kappa shape index (κ2) is 11.4. The molecule has 1 aliphatic carbocycles. The zero-order valence-corrected chi connectivity index (χ0v) is 20.2. The molecule has 0 unspecified atom stereocenters. The number of nitrogens with zero attached hydrogens (tertiary/aromatic N) is 3. The molecule has 1 saturated carbocycles. The van der Waals surface area contributed by atoms with Crippen molar-refractivity contribution < 1.29 is 9.47 Å². The third kappa shape index (κ3) is 6.16. The van der Waals surface area contributed by atoms with Crippen LogP contribution in [0, 0.1) is 5.41 Å². The molecule has 0 atom stereocenters. The molecule has 3 fully saturated rings. The molecular formula is C26H42N4O2. The summed E-state index contributed by atoms with van der Waals surface area (Å²) in [6.45, 7) is 9.46. The van der Waals surface area contributed by atoms with Crippen molar-refractivity contribution in [1.82, 2.24) is 15.1 Å². The van der Waals surface area contributed by atoms with E-state index in [0.717, 1.165) is 57.4 Å². The van der Waals surface area contributed by atoms with E-state index in [0.29, 0.717) is 24.6 Å². The van der Waals surface area contributed by atoms with E-state index in [-0.39, 0.29) is 0 Å². The van der Waals surface area contributed by atoms with Crippen molar-refractivity contribution in [3.63, 3.8) is 0 Å². The van der Waals surface area contributed by atoms with Gasteiger partial charge in [-0.05, 0) is 69.2 Å². The third-order valence-corrected chi connectivity index (χ3v) is 7.57. The molecule has 2 aliphatic heterocycles. The molecule has 0 bridgehead atoms. The van der Waals surface area contributed by atoms with Crippen LogP contribution < -0.4 is 10.1 Å². The van der Waals surface area contributed by atoms with Crippen LogP contribution in [0.15, 0.2) is 29.3 Å². The van der Waals surface area contributed by atoms with Crippen LogP contribution in [0.25, 0.3) is 0 Å². The zero-order valence-electron chi connectivity index (χ0n) is 20.2. The molecule has 0 aromatic heterocycles. The van der Waals surface area contributed by atoms with Crippen molar-refractivity contribution in [1.29, 1.82) is 0 Å². The standard InChI is InChI=1S/C26H42N4O2/c1-3-27-25(30-14-13-26(21-30)11-4-5-12-26)28-20-22-7-6-8-24(19-22)32-18-15-29(2)23-9-16-31-17-10-23/h6-8,19,23H,3-5,9-18,20-21H2,1-2H3,(H,27,28). The van der Waals surface area contributed by atoms with Gasteiger partial charge in [0.2, 0.25) is 0 Å². The molecule has 1 aromatic carbocycles. The van der Waals surface area contributed by atoms with Crippen LogP contribution in [0.4, 0.5) is 0 Å². The smallest absolute Gasteiger partial charge is 0.194 e. The lowest BCUT2D eigenvalue weighted by molar-refractivity contribution is 0.0392. The quantitative estimate of drug-likeness (QED) is 0.489. The number of likely N-dealkylation sites (tertiary alicyclic amines) is 1. The van der Waals surface area contributed by atoms with Gasteiger partial charge in [0.25, 0.3) is 0 Å². The predicted molar refractivity (Wildman–Crippen MR) is 130 cm³/mol. The number of aliphatic imine (C=N–C) groups is 1. The number of benzene rings is 1. The summed E-state index contributed by atoms with van der Waals surface area (Å²) in [5.74, 6) is 2.01. The summed E-state index contributed by atoms with van der Waals surface area (Å²) >= 11 is 0. The lowest BCUT2D eigenvalue weighted by Gasteiger charge is -2.31. The Labute approximate surface area is 194 Å². The maximum absolute atomic E-state index is 6.08. The van der Waals surface area contributed by atoms with Crippen molar-refractivity contribution in [2.45, 2.75) is 64.5 Å². The van der Waals surface area contributed by atoms with E-state index < -0.39 is 0 Å². The molecule has 6 heteroatoms. The molecule has 178 valence electrons. The highest BCUT2D eigenvalue weighted by Crippen LogP contribution is 2.45. The molecule has 2 saturated heterocycles. The molecule has 32 heavy (non-hydrogen) atoms. The number of hydrogen-bond donors (Lipinski definition) is 1. The largest absolute Gasteiger partial charge is 0.492 e. The van der Waals surface area contributed by atoms with Crippen LogP contribution in [0.1, 0.15) is 57.4 Å². The van der Waals surface area contributed by atoms with Crippen molar-refractivity contribution in [2.24, 2.45) is 10.4 Å². The lowest BCUT2D eigenvalue weighted by atomic mass is 9.86. The minimum Gasteiger partial charge on any atom is -0.492 e. The number of hydrogen-bond acceptors (Lipinski definition) is 4. The van der Waals surface area contributed by atoms with Crippen LogP contribution in [0.5, 0.6) is 5.75 Å². The minimum absolute atomic E-state index is 0.557. The average molecular weight is 443 g/mol. The Hall–Kier alpha value is -1.79. The van der Waals surface area contributed by atoms with E-state index >= 15 is 0 Å². The Balaban J connectivity index is 1.28. The molecule has 6 nitrogen and oxygen atoms in total. The van der Waals surface area contributed by atoms with Gasteiger partial charge in [0.05, 0.1) is 6.54 Å². The Morgan fingerprint density at radius 3 is 2.84 bits per heavy atom. The number of ether oxygens (including phenoxy) is 2. The molecule has 1 N–H and O–H groups in total. The van der Waals surface area contributed by atoms with Gasteiger partial charge in [0, 0.05) is 45.4 Å². The summed E-state index contributed by atoms with van der Waals surface area (Å²) in [6, 6.07) is 9.04. The first kappa shape index (κ1) is 23.4. The van der Waals surface area contributed by atoms with Gasteiger partial charge in [0.1, 0.15) is 12.4 Å². The van der Waals surface area contributed by atoms with Crippen LogP contribution in [0.2, 0.25) is 0 Å². The number of likely N-dealkylation sites (N-methyl/N-ethyl adjacent to an activating group) is 1. The summed E-state index contributed by atoms with van der Waals surface area (Å²) in [5.41, 5.74) is 1.76. The van der Waals surface area contributed by atoms with E-state index in [1.54, 1.807) is 0 Å². The number of guanidine groups is 1. The Kier molecular flexibility index (Phi) is 8.31. The van der Waals surface area contributed by atoms with Gasteiger partial charge in [-0.2, -0.15) is 0 Å². The van der Waals surface area contributed by atoms with Crippen LogP contribution in [-0.2, 0) is 11.3 Å². The van der Waals surface area contributed by atoms with Crippen molar-refractivity contribution >= 4 is 5.96 Å². The maximum Gasteiger partial charge on any atom is 0.194 e. The summed E-state index contributed by atoms with van der Waals surface area (Å²) < 4.78 is 11.6. The number of rotatable bonds is 8. The van der Waals surface area contributed by atoms with E-state index in [1.165, 1.54) is 44.2 Å². The van der Waals surface area contributed by atoms with Crippen molar-refractivity contribution in [3.8, 4) is 5.75 Å². The minimum atomic E-state index is 0.557. The highest BCUT2D eigenvalue weighted by Gasteiger charge is 2.41. The van der Waals surface area contributed by atoms with Gasteiger partial charge in [-0.25, -0.2) is 4.99 Å². The monoisotopic (exact) mass is 442 g/mol. The molecule has 2 heterocycles. The topological polar surface area (TPSA) is 49.3 Å². The van der Waals surface area contributed by atoms with E-state index in [2.05, 4.69) is 53.4 Å². The zero-order chi connectivity index (χ0) is 22.2. The lowest BCUT2D eigenvalue weighted by Crippen LogP contribution is -2.41. The Morgan fingerprint density at radius 2 is 2.06 bits per heavy atom. The summed E-state index contributed by atoms with van der Waals surface area (Å²) in [6.07, 6.45) is 9.16. The predicted octanol–water partition coefficient (Wildman–Crippen LogP) is 3.91. The van der Waals surface area contributed by atoms with Gasteiger partial charge in [-0.1, -0.05) is 25.0 Å². The van der Waals surface area contributed by atoms with Gasteiger partial charge in [-0.3, -0.25) is 4.90 Å². The normalized spacial score (nSPS) is 21.6. The Morgan fingerprint density at radius 1 is 1.25 bits per heavy atom. The summed E-state index contributed by atoms with van der Waals surface area (Å²) in [5, 5.41) is 3.52. The highest BCUT2D eigenvalue weighted by atomic mass is 16.5. The maximum atomic E-state index is 6.08. The molecule has 4 rings (SSSR count). The second-order valence-corrected chi connectivity index (χ2v) is 9.87. The van der Waals surface area contributed by atoms with Crippen molar-refractivity contribution in [2.75, 3.05) is 53.0 Å². The molecule has 0 radical (unpaired) electrons. The second-order valence-electron chi connectivity index (χ2n) is 9.87. The van der Waals surface area contributed by atoms with Crippen LogP contribution in [-0.4, -0.2) is 74.8 Å². The van der Waals surface area contributed by atoms with Gasteiger partial charge in [-0.15, -0.1) is 0 Å². The Bertz CT molecular complexity index is 741. The van der Waals surface area contributed by atoms with Gasteiger partial charge >= 0.3 is 0 Å². The highest BCUT2D eigenvalue weighted by molar-refractivity contribution is 5.80. The fraction of sp³-hybridized carbons (Fsp3) is 0.731. The van der Waals surface area contributed by atoms with Gasteiger partial charge < -0.3 is 19.7 Å². The number of nitrogens with one attached hydrogen (secondary N) is 1. The van der Waals surface area contributed by atoms with Crippen molar-refractivity contribution in [3.05, 3.63) is 29.8 Å². The van der Waals surface area contributed by atoms with Crippen LogP contribution >= 0.6 is 0 Å². The first-order chi connectivity index (χ1) is 15.7.